The number of carbonyl (C=O) groups excluding carboxylic acids is 1. The van der Waals surface area contributed by atoms with Crippen LogP contribution in [-0.4, -0.2) is 22.0 Å². The van der Waals surface area contributed by atoms with E-state index in [0.29, 0.717) is 12.5 Å². The summed E-state index contributed by atoms with van der Waals surface area (Å²) in [6.07, 6.45) is 3.51. The maximum absolute atomic E-state index is 11.4. The molecule has 1 N–H and O–H groups in total. The summed E-state index contributed by atoms with van der Waals surface area (Å²) in [5.74, 6) is 1.40. The number of hydrogen-bond donors (Lipinski definition) is 1. The van der Waals surface area contributed by atoms with Crippen LogP contribution in [0.25, 0.3) is 0 Å². The lowest BCUT2D eigenvalue weighted by Gasteiger charge is -2.08. The molecule has 14 heavy (non-hydrogen) atoms. The maximum Gasteiger partial charge on any atom is 0.239 e. The van der Waals surface area contributed by atoms with Gasteiger partial charge in [0.1, 0.15) is 12.4 Å². The molecule has 0 aliphatic rings. The molecule has 4 nitrogen and oxygen atoms in total. The third-order valence-electron chi connectivity index (χ3n) is 1.95. The van der Waals surface area contributed by atoms with E-state index < -0.39 is 0 Å². The monoisotopic (exact) mass is 195 g/mol. The molecule has 0 saturated heterocycles. The van der Waals surface area contributed by atoms with Crippen molar-refractivity contribution in [3.8, 4) is 0 Å². The molecule has 0 spiro atoms. The molecule has 0 aromatic carbocycles. The number of aromatic nitrogens is 2. The quantitative estimate of drug-likeness (QED) is 0.778. The molecule has 78 valence electrons. The second-order valence-corrected chi connectivity index (χ2v) is 3.80. The van der Waals surface area contributed by atoms with E-state index in [-0.39, 0.29) is 5.91 Å². The van der Waals surface area contributed by atoms with Crippen LogP contribution in [0.2, 0.25) is 0 Å². The Kier molecular flexibility index (Phi) is 3.68. The minimum Gasteiger partial charge on any atom is -0.354 e. The first kappa shape index (κ1) is 10.8. The fraction of sp³-hybridized carbons (Fsp3) is 0.600. The summed E-state index contributed by atoms with van der Waals surface area (Å²) in [5, 5.41) is 2.86. The Morgan fingerprint density at radius 2 is 2.36 bits per heavy atom. The lowest BCUT2D eigenvalue weighted by atomic mass is 10.2. The minimum absolute atomic E-state index is 0.0415. The lowest BCUT2D eigenvalue weighted by Crippen LogP contribution is -2.30. The molecule has 0 saturated carbocycles. The molecule has 1 aromatic heterocycles. The Morgan fingerprint density at radius 3 is 2.86 bits per heavy atom. The van der Waals surface area contributed by atoms with Crippen molar-refractivity contribution in [3.05, 3.63) is 18.2 Å². The number of imidazole rings is 1. The van der Waals surface area contributed by atoms with Crippen molar-refractivity contribution in [2.45, 2.75) is 27.3 Å². The van der Waals surface area contributed by atoms with E-state index >= 15 is 0 Å². The topological polar surface area (TPSA) is 46.9 Å². The number of nitrogens with zero attached hydrogens (tertiary/aromatic N) is 2. The van der Waals surface area contributed by atoms with Gasteiger partial charge in [-0.25, -0.2) is 4.98 Å². The fourth-order valence-corrected chi connectivity index (χ4v) is 1.10. The Hall–Kier alpha value is -1.32. The van der Waals surface area contributed by atoms with Crippen LogP contribution in [0.15, 0.2) is 12.4 Å². The van der Waals surface area contributed by atoms with Gasteiger partial charge in [-0.05, 0) is 12.8 Å². The number of aryl methyl sites for hydroxylation is 1. The van der Waals surface area contributed by atoms with Gasteiger partial charge in [0.2, 0.25) is 5.91 Å². The Balaban J connectivity index is 2.38. The zero-order valence-electron chi connectivity index (χ0n) is 8.95. The molecule has 0 aliphatic heterocycles. The van der Waals surface area contributed by atoms with Gasteiger partial charge in [-0.2, -0.15) is 0 Å². The SMILES string of the molecule is Cc1nccn1CC(=O)NCC(C)C. The van der Waals surface area contributed by atoms with Gasteiger partial charge in [0.25, 0.3) is 0 Å². The Morgan fingerprint density at radius 1 is 1.64 bits per heavy atom. The van der Waals surface area contributed by atoms with E-state index in [1.54, 1.807) is 6.20 Å². The van der Waals surface area contributed by atoms with E-state index in [1.807, 2.05) is 17.7 Å². The predicted octanol–water partition coefficient (Wildman–Crippen LogP) is 0.964. The van der Waals surface area contributed by atoms with Crippen molar-refractivity contribution < 1.29 is 4.79 Å². The van der Waals surface area contributed by atoms with Crippen molar-refractivity contribution in [1.29, 1.82) is 0 Å². The summed E-state index contributed by atoms with van der Waals surface area (Å²) in [6.45, 7) is 7.12. The second kappa shape index (κ2) is 4.79. The van der Waals surface area contributed by atoms with E-state index in [9.17, 15) is 4.79 Å². The van der Waals surface area contributed by atoms with Crippen molar-refractivity contribution in [1.82, 2.24) is 14.9 Å². The molecule has 0 fully saturated rings. The van der Waals surface area contributed by atoms with Crippen molar-refractivity contribution in [2.24, 2.45) is 5.92 Å². The van der Waals surface area contributed by atoms with Crippen molar-refractivity contribution in [3.63, 3.8) is 0 Å². The van der Waals surface area contributed by atoms with Crippen LogP contribution in [0.5, 0.6) is 0 Å². The Labute approximate surface area is 84.3 Å². The zero-order valence-corrected chi connectivity index (χ0v) is 8.95. The molecule has 1 heterocycles. The number of hydrogen-bond acceptors (Lipinski definition) is 2. The highest BCUT2D eigenvalue weighted by molar-refractivity contribution is 5.75. The summed E-state index contributed by atoms with van der Waals surface area (Å²) < 4.78 is 1.83. The molecular weight excluding hydrogens is 178 g/mol. The average Bonchev–Trinajstić information content (AvgIpc) is 2.49. The molecule has 1 amide bonds. The van der Waals surface area contributed by atoms with Gasteiger partial charge in [0.05, 0.1) is 0 Å². The number of nitrogens with one attached hydrogen (secondary N) is 1. The molecule has 0 radical (unpaired) electrons. The normalized spacial score (nSPS) is 10.6. The summed E-state index contributed by atoms with van der Waals surface area (Å²) in [6, 6.07) is 0. The highest BCUT2D eigenvalue weighted by atomic mass is 16.1. The van der Waals surface area contributed by atoms with Crippen LogP contribution in [0.3, 0.4) is 0 Å². The number of rotatable bonds is 4. The maximum atomic E-state index is 11.4. The highest BCUT2D eigenvalue weighted by Crippen LogP contribution is 1.94. The summed E-state index contributed by atoms with van der Waals surface area (Å²) in [7, 11) is 0. The first-order valence-corrected chi connectivity index (χ1v) is 4.84. The van der Waals surface area contributed by atoms with E-state index in [1.165, 1.54) is 0 Å². The van der Waals surface area contributed by atoms with Crippen LogP contribution >= 0.6 is 0 Å². The zero-order chi connectivity index (χ0) is 10.6. The van der Waals surface area contributed by atoms with Crippen LogP contribution in [-0.2, 0) is 11.3 Å². The second-order valence-electron chi connectivity index (χ2n) is 3.80. The third-order valence-corrected chi connectivity index (χ3v) is 1.95. The van der Waals surface area contributed by atoms with Gasteiger partial charge in [-0.3, -0.25) is 4.79 Å². The van der Waals surface area contributed by atoms with Crippen LogP contribution in [0, 0.1) is 12.8 Å². The van der Waals surface area contributed by atoms with E-state index in [4.69, 9.17) is 0 Å². The number of carbonyl (C=O) groups is 1. The standard InChI is InChI=1S/C10H17N3O/c1-8(2)6-12-10(14)7-13-5-4-11-9(13)3/h4-5,8H,6-7H2,1-3H3,(H,12,14). The fourth-order valence-electron chi connectivity index (χ4n) is 1.10. The highest BCUT2D eigenvalue weighted by Gasteiger charge is 2.04. The molecule has 1 rings (SSSR count). The molecule has 1 aromatic rings. The first-order valence-electron chi connectivity index (χ1n) is 4.84. The molecular formula is C10H17N3O. The van der Waals surface area contributed by atoms with E-state index in [0.717, 1.165) is 12.4 Å². The smallest absolute Gasteiger partial charge is 0.239 e. The molecule has 0 aliphatic carbocycles. The van der Waals surface area contributed by atoms with Gasteiger partial charge < -0.3 is 9.88 Å². The van der Waals surface area contributed by atoms with Gasteiger partial charge in [-0.1, -0.05) is 13.8 Å². The van der Waals surface area contributed by atoms with Gasteiger partial charge in [0.15, 0.2) is 0 Å². The third kappa shape index (κ3) is 3.20. The first-order chi connectivity index (χ1) is 6.59. The van der Waals surface area contributed by atoms with E-state index in [2.05, 4.69) is 24.1 Å². The van der Waals surface area contributed by atoms with Gasteiger partial charge >= 0.3 is 0 Å². The predicted molar refractivity (Wildman–Crippen MR) is 54.8 cm³/mol. The lowest BCUT2D eigenvalue weighted by molar-refractivity contribution is -0.121. The largest absolute Gasteiger partial charge is 0.354 e. The Bertz CT molecular complexity index is 304. The average molecular weight is 195 g/mol. The van der Waals surface area contributed by atoms with Crippen molar-refractivity contribution in [2.75, 3.05) is 6.54 Å². The van der Waals surface area contributed by atoms with Gasteiger partial charge in [0, 0.05) is 18.9 Å². The molecule has 0 bridgehead atoms. The van der Waals surface area contributed by atoms with Gasteiger partial charge in [-0.15, -0.1) is 0 Å². The van der Waals surface area contributed by atoms with Crippen molar-refractivity contribution >= 4 is 5.91 Å². The number of amides is 1. The molecule has 0 atom stereocenters. The summed E-state index contributed by atoms with van der Waals surface area (Å²) in [5.41, 5.74) is 0. The summed E-state index contributed by atoms with van der Waals surface area (Å²) in [4.78, 5) is 15.5. The van der Waals surface area contributed by atoms with Crippen LogP contribution in [0.1, 0.15) is 19.7 Å². The molecule has 0 unspecified atom stereocenters. The molecule has 4 heteroatoms. The minimum atomic E-state index is 0.0415. The summed E-state index contributed by atoms with van der Waals surface area (Å²) >= 11 is 0. The van der Waals surface area contributed by atoms with Crippen LogP contribution in [0.4, 0.5) is 0 Å². The van der Waals surface area contributed by atoms with Crippen LogP contribution < -0.4 is 5.32 Å².